The summed E-state index contributed by atoms with van der Waals surface area (Å²) < 4.78 is 3.88. The third-order valence-electron chi connectivity index (χ3n) is 4.95. The fourth-order valence-corrected chi connectivity index (χ4v) is 2.94. The molecule has 0 radical (unpaired) electrons. The molecule has 0 aliphatic rings. The predicted octanol–water partition coefficient (Wildman–Crippen LogP) is 1.91. The smallest absolute Gasteiger partial charge is 0.192 e. The zero-order chi connectivity index (χ0) is 20.1. The highest BCUT2D eigenvalue weighted by Gasteiger charge is 2.11. The molecule has 0 amide bonds. The summed E-state index contributed by atoms with van der Waals surface area (Å²) in [7, 11) is 3.92. The van der Waals surface area contributed by atoms with Crippen LogP contribution in [0.25, 0.3) is 0 Å². The van der Waals surface area contributed by atoms with Crippen LogP contribution in [0.15, 0.2) is 35.3 Å². The van der Waals surface area contributed by atoms with Crippen LogP contribution in [0.1, 0.15) is 34.2 Å². The lowest BCUT2D eigenvalue weighted by molar-refractivity contribution is 0.711. The molecule has 0 bridgehead atoms. The van der Waals surface area contributed by atoms with Gasteiger partial charge in [-0.3, -0.25) is 4.68 Å². The van der Waals surface area contributed by atoms with Gasteiger partial charge in [0.05, 0.1) is 18.8 Å². The summed E-state index contributed by atoms with van der Waals surface area (Å²) in [6, 6.07) is 10.2. The minimum atomic E-state index is 0.545. The molecular weight excluding hydrogens is 352 g/mol. The summed E-state index contributed by atoms with van der Waals surface area (Å²) in [6.07, 6.45) is 0. The van der Waals surface area contributed by atoms with E-state index in [1.807, 2.05) is 55.4 Å². The highest BCUT2D eigenvalue weighted by molar-refractivity contribution is 5.79. The first-order valence-corrected chi connectivity index (χ1v) is 9.35. The third kappa shape index (κ3) is 4.57. The van der Waals surface area contributed by atoms with Gasteiger partial charge in [-0.15, -0.1) is 10.2 Å². The highest BCUT2D eigenvalue weighted by Crippen LogP contribution is 2.11. The van der Waals surface area contributed by atoms with E-state index in [0.717, 1.165) is 34.6 Å². The first-order chi connectivity index (χ1) is 13.5. The average Bonchev–Trinajstić information content (AvgIpc) is 3.14. The minimum Gasteiger partial charge on any atom is -0.352 e. The van der Waals surface area contributed by atoms with E-state index in [2.05, 4.69) is 45.0 Å². The molecule has 2 aromatic heterocycles. The molecule has 0 aliphatic heterocycles. The van der Waals surface area contributed by atoms with E-state index in [1.54, 1.807) is 0 Å². The number of aromatic nitrogens is 5. The molecule has 8 heteroatoms. The Bertz CT molecular complexity index is 952. The van der Waals surface area contributed by atoms with Gasteiger partial charge >= 0.3 is 0 Å². The van der Waals surface area contributed by atoms with Crippen molar-refractivity contribution in [3.63, 3.8) is 0 Å². The molecule has 2 N–H and O–H groups in total. The molecule has 1 aromatic carbocycles. The molecule has 3 rings (SSSR count). The summed E-state index contributed by atoms with van der Waals surface area (Å²) in [6.45, 7) is 7.84. The van der Waals surface area contributed by atoms with E-state index in [-0.39, 0.29) is 0 Å². The molecule has 0 spiro atoms. The molecule has 2 heterocycles. The molecule has 0 fully saturated rings. The Kier molecular flexibility index (Phi) is 6.08. The minimum absolute atomic E-state index is 0.545. The van der Waals surface area contributed by atoms with Crippen LogP contribution in [0, 0.1) is 20.8 Å². The molecule has 28 heavy (non-hydrogen) atoms. The second-order valence-corrected chi connectivity index (χ2v) is 6.85. The van der Waals surface area contributed by atoms with Crippen molar-refractivity contribution in [3.8, 4) is 0 Å². The van der Waals surface area contributed by atoms with Crippen molar-refractivity contribution in [2.24, 2.45) is 19.1 Å². The lowest BCUT2D eigenvalue weighted by atomic mass is 10.2. The molecule has 8 nitrogen and oxygen atoms in total. The normalized spacial score (nSPS) is 11.7. The van der Waals surface area contributed by atoms with Crippen molar-refractivity contribution < 1.29 is 0 Å². The van der Waals surface area contributed by atoms with Crippen LogP contribution in [0.4, 0.5) is 0 Å². The number of benzene rings is 1. The second-order valence-electron chi connectivity index (χ2n) is 6.85. The van der Waals surface area contributed by atoms with E-state index in [4.69, 9.17) is 4.99 Å². The van der Waals surface area contributed by atoms with Gasteiger partial charge in [0.25, 0.3) is 0 Å². The molecule has 0 atom stereocenters. The van der Waals surface area contributed by atoms with E-state index in [1.165, 1.54) is 5.56 Å². The second kappa shape index (κ2) is 8.69. The van der Waals surface area contributed by atoms with E-state index in [0.29, 0.717) is 19.6 Å². The number of rotatable bonds is 6. The van der Waals surface area contributed by atoms with Crippen LogP contribution in [0.5, 0.6) is 0 Å². The number of aryl methyl sites for hydroxylation is 3. The number of guanidine groups is 1. The summed E-state index contributed by atoms with van der Waals surface area (Å²) in [4.78, 5) is 4.74. The van der Waals surface area contributed by atoms with Crippen molar-refractivity contribution in [1.29, 1.82) is 0 Å². The van der Waals surface area contributed by atoms with Crippen molar-refractivity contribution in [2.45, 2.75) is 40.4 Å². The van der Waals surface area contributed by atoms with Gasteiger partial charge in [-0.25, -0.2) is 4.99 Å². The van der Waals surface area contributed by atoms with E-state index >= 15 is 0 Å². The zero-order valence-corrected chi connectivity index (χ0v) is 17.2. The first-order valence-electron chi connectivity index (χ1n) is 9.35. The lowest BCUT2D eigenvalue weighted by Gasteiger charge is -2.13. The quantitative estimate of drug-likeness (QED) is 0.504. The van der Waals surface area contributed by atoms with Crippen LogP contribution in [0.3, 0.4) is 0 Å². The van der Waals surface area contributed by atoms with Crippen molar-refractivity contribution in [2.75, 3.05) is 0 Å². The maximum absolute atomic E-state index is 4.74. The van der Waals surface area contributed by atoms with Crippen LogP contribution in [-0.4, -0.2) is 30.5 Å². The van der Waals surface area contributed by atoms with Crippen LogP contribution in [-0.2, 0) is 33.7 Å². The zero-order valence-electron chi connectivity index (χ0n) is 17.2. The number of hydrogen-bond donors (Lipinski definition) is 2. The Morgan fingerprint density at radius 2 is 1.71 bits per heavy atom. The van der Waals surface area contributed by atoms with Gasteiger partial charge in [-0.05, 0) is 26.3 Å². The fraction of sp³-hybridized carbons (Fsp3) is 0.400. The van der Waals surface area contributed by atoms with Crippen LogP contribution >= 0.6 is 0 Å². The van der Waals surface area contributed by atoms with Gasteiger partial charge in [0.1, 0.15) is 5.82 Å². The van der Waals surface area contributed by atoms with E-state index in [9.17, 15) is 0 Å². The fourth-order valence-electron chi connectivity index (χ4n) is 2.94. The summed E-state index contributed by atoms with van der Waals surface area (Å²) >= 11 is 0. The topological polar surface area (TPSA) is 84.9 Å². The van der Waals surface area contributed by atoms with Crippen LogP contribution in [0.2, 0.25) is 0 Å². The van der Waals surface area contributed by atoms with Gasteiger partial charge in [0, 0.05) is 31.9 Å². The van der Waals surface area contributed by atoms with Gasteiger partial charge in [0.2, 0.25) is 0 Å². The lowest BCUT2D eigenvalue weighted by Crippen LogP contribution is -2.37. The summed E-state index contributed by atoms with van der Waals surface area (Å²) in [5.41, 5.74) is 4.52. The standard InChI is InChI=1S/C20H28N8/c1-14-18(15(2)28(5)26-14)12-22-20(21-11-17-9-7-6-8-10-17)23-13-19-25-24-16(3)27(19)4/h6-10H,11-13H2,1-5H3,(H2,21,22,23). The molecule has 0 unspecified atom stereocenters. The number of nitrogens with one attached hydrogen (secondary N) is 2. The molecule has 0 saturated heterocycles. The molecule has 0 saturated carbocycles. The van der Waals surface area contributed by atoms with E-state index < -0.39 is 0 Å². The van der Waals surface area contributed by atoms with Gasteiger partial charge in [-0.2, -0.15) is 5.10 Å². The van der Waals surface area contributed by atoms with Crippen molar-refractivity contribution in [3.05, 3.63) is 64.5 Å². The predicted molar refractivity (Wildman–Crippen MR) is 110 cm³/mol. The summed E-state index contributed by atoms with van der Waals surface area (Å²) in [5.74, 6) is 2.47. The third-order valence-corrected chi connectivity index (χ3v) is 4.95. The Balaban J connectivity index is 1.72. The average molecular weight is 381 g/mol. The largest absolute Gasteiger partial charge is 0.352 e. The number of aliphatic imine (C=N–C) groups is 1. The van der Waals surface area contributed by atoms with Crippen LogP contribution < -0.4 is 10.6 Å². The van der Waals surface area contributed by atoms with Gasteiger partial charge in [-0.1, -0.05) is 30.3 Å². The summed E-state index contributed by atoms with van der Waals surface area (Å²) in [5, 5.41) is 19.6. The Morgan fingerprint density at radius 1 is 1.00 bits per heavy atom. The highest BCUT2D eigenvalue weighted by atomic mass is 15.3. The van der Waals surface area contributed by atoms with Crippen molar-refractivity contribution >= 4 is 5.96 Å². The number of hydrogen-bond acceptors (Lipinski definition) is 4. The van der Waals surface area contributed by atoms with Crippen molar-refractivity contribution in [1.82, 2.24) is 35.2 Å². The Hall–Kier alpha value is -3.16. The maximum atomic E-state index is 4.74. The Labute approximate surface area is 165 Å². The Morgan fingerprint density at radius 3 is 2.32 bits per heavy atom. The first kappa shape index (κ1) is 19.6. The molecule has 3 aromatic rings. The molecular formula is C20H28N8. The van der Waals surface area contributed by atoms with Gasteiger partial charge in [0.15, 0.2) is 11.8 Å². The SMILES string of the molecule is Cc1nn(C)c(C)c1CNC(=NCc1ccccc1)NCc1nnc(C)n1C. The van der Waals surface area contributed by atoms with Gasteiger partial charge < -0.3 is 15.2 Å². The molecule has 148 valence electrons. The molecule has 0 aliphatic carbocycles. The monoisotopic (exact) mass is 380 g/mol. The maximum Gasteiger partial charge on any atom is 0.192 e. The number of nitrogens with zero attached hydrogens (tertiary/aromatic N) is 6.